The number of fused-ring (bicyclic) bond motifs is 1. The summed E-state index contributed by atoms with van der Waals surface area (Å²) in [5.41, 5.74) is 0. The number of rotatable bonds is 0. The highest BCUT2D eigenvalue weighted by Gasteiger charge is 2.40. The van der Waals surface area contributed by atoms with Crippen molar-refractivity contribution in [1.82, 2.24) is 0 Å². The molecule has 2 saturated carbocycles. The summed E-state index contributed by atoms with van der Waals surface area (Å²) >= 11 is 0. The zero-order chi connectivity index (χ0) is 6.69. The van der Waals surface area contributed by atoms with E-state index in [0.29, 0.717) is 0 Å². The highest BCUT2D eigenvalue weighted by atomic mass is 14.5. The monoisotopic (exact) mass is 122 g/mol. The zero-order valence-electron chi connectivity index (χ0n) is 6.06. The minimum Gasteiger partial charge on any atom is -0.120 e. The zero-order valence-corrected chi connectivity index (χ0v) is 6.06. The first-order chi connectivity index (χ1) is 4.38. The smallest absolute Gasteiger partial charge is 0.00297 e. The molecule has 0 amide bonds. The second-order valence-electron chi connectivity index (χ2n) is 2.98. The fraction of sp³-hybridized carbons (Fsp3) is 0.778. The standard InChI is InChI=1S/C6H10.C3H4/c1-2-5-4-6(5)3-1;1-3-2/h5-6H,1-4H2;1H,2H3/t5-,6+;. The average molecular weight is 122 g/mol. The van der Waals surface area contributed by atoms with E-state index >= 15 is 0 Å². The van der Waals surface area contributed by atoms with Crippen molar-refractivity contribution in [2.45, 2.75) is 32.6 Å². The van der Waals surface area contributed by atoms with Gasteiger partial charge in [0.25, 0.3) is 0 Å². The van der Waals surface area contributed by atoms with Crippen molar-refractivity contribution in [3.8, 4) is 12.3 Å². The Labute approximate surface area is 57.7 Å². The van der Waals surface area contributed by atoms with Crippen molar-refractivity contribution in [3.63, 3.8) is 0 Å². The molecular formula is C9H14. The van der Waals surface area contributed by atoms with Crippen LogP contribution in [0.1, 0.15) is 32.6 Å². The van der Waals surface area contributed by atoms with Gasteiger partial charge >= 0.3 is 0 Å². The van der Waals surface area contributed by atoms with E-state index in [4.69, 9.17) is 0 Å². The largest absolute Gasteiger partial charge is 0.120 e. The van der Waals surface area contributed by atoms with Gasteiger partial charge in [-0.05, 0) is 25.2 Å². The Morgan fingerprint density at radius 3 is 1.89 bits per heavy atom. The van der Waals surface area contributed by atoms with Crippen molar-refractivity contribution in [1.29, 1.82) is 0 Å². The first-order valence-electron chi connectivity index (χ1n) is 3.76. The highest BCUT2D eigenvalue weighted by Crippen LogP contribution is 2.51. The molecule has 50 valence electrons. The van der Waals surface area contributed by atoms with Gasteiger partial charge in [0, 0.05) is 0 Å². The van der Waals surface area contributed by atoms with Crippen molar-refractivity contribution >= 4 is 0 Å². The predicted octanol–water partition coefficient (Wildman–Crippen LogP) is 2.45. The van der Waals surface area contributed by atoms with Gasteiger partial charge in [0.15, 0.2) is 0 Å². The summed E-state index contributed by atoms with van der Waals surface area (Å²) < 4.78 is 0. The molecule has 2 aliphatic rings. The number of terminal acetylenes is 1. The molecule has 2 atom stereocenters. The van der Waals surface area contributed by atoms with Crippen molar-refractivity contribution < 1.29 is 0 Å². The summed E-state index contributed by atoms with van der Waals surface area (Å²) in [5.74, 6) is 4.68. The van der Waals surface area contributed by atoms with E-state index in [1.807, 2.05) is 0 Å². The van der Waals surface area contributed by atoms with E-state index in [9.17, 15) is 0 Å². The van der Waals surface area contributed by atoms with Gasteiger partial charge in [-0.25, -0.2) is 0 Å². The summed E-state index contributed by atoms with van der Waals surface area (Å²) in [6.45, 7) is 1.65. The molecule has 0 heterocycles. The van der Waals surface area contributed by atoms with E-state index in [-0.39, 0.29) is 0 Å². The Balaban J connectivity index is 0.000000120. The third-order valence-corrected chi connectivity index (χ3v) is 2.22. The van der Waals surface area contributed by atoms with E-state index in [1.54, 1.807) is 26.2 Å². The number of hydrogen-bond donors (Lipinski definition) is 0. The van der Waals surface area contributed by atoms with Gasteiger partial charge < -0.3 is 0 Å². The fourth-order valence-corrected chi connectivity index (χ4v) is 1.66. The van der Waals surface area contributed by atoms with Gasteiger partial charge in [0.05, 0.1) is 0 Å². The van der Waals surface area contributed by atoms with Gasteiger partial charge in [0.1, 0.15) is 0 Å². The van der Waals surface area contributed by atoms with E-state index in [1.165, 1.54) is 18.3 Å². The quantitative estimate of drug-likeness (QED) is 0.433. The molecule has 0 N–H and O–H groups in total. The average Bonchev–Trinajstić information content (AvgIpc) is 2.43. The summed E-state index contributed by atoms with van der Waals surface area (Å²) in [4.78, 5) is 0. The minimum atomic E-state index is 1.21. The number of hydrogen-bond acceptors (Lipinski definition) is 0. The van der Waals surface area contributed by atoms with Crippen LogP contribution in [0.15, 0.2) is 0 Å². The second-order valence-corrected chi connectivity index (χ2v) is 2.98. The highest BCUT2D eigenvalue weighted by molar-refractivity contribution is 4.91. The second kappa shape index (κ2) is 2.92. The predicted molar refractivity (Wildman–Crippen MR) is 40.0 cm³/mol. The molecule has 0 aromatic heterocycles. The molecule has 0 aromatic rings. The Morgan fingerprint density at radius 2 is 1.78 bits per heavy atom. The molecule has 0 aliphatic heterocycles. The Bertz CT molecular complexity index is 110. The molecule has 2 aliphatic carbocycles. The molecule has 0 heteroatoms. The van der Waals surface area contributed by atoms with Crippen LogP contribution in [0.4, 0.5) is 0 Å². The Kier molecular flexibility index (Phi) is 2.16. The molecule has 0 bridgehead atoms. The SMILES string of the molecule is C#CC.C1C[C@@H]2C[C@@H]2C1. The van der Waals surface area contributed by atoms with Gasteiger partial charge in [-0.3, -0.25) is 0 Å². The lowest BCUT2D eigenvalue weighted by Gasteiger charge is -1.80. The lowest BCUT2D eigenvalue weighted by atomic mass is 10.3. The molecule has 0 unspecified atom stereocenters. The summed E-state index contributed by atoms with van der Waals surface area (Å²) in [7, 11) is 0. The topological polar surface area (TPSA) is 0 Å². The molecule has 0 saturated heterocycles. The van der Waals surface area contributed by atoms with Crippen LogP contribution in [-0.2, 0) is 0 Å². The maximum Gasteiger partial charge on any atom is -0.00297 e. The van der Waals surface area contributed by atoms with Crippen LogP contribution in [0.5, 0.6) is 0 Å². The van der Waals surface area contributed by atoms with Crippen LogP contribution in [0.3, 0.4) is 0 Å². The van der Waals surface area contributed by atoms with Gasteiger partial charge in [-0.15, -0.1) is 12.3 Å². The van der Waals surface area contributed by atoms with Gasteiger partial charge in [0.2, 0.25) is 0 Å². The summed E-state index contributed by atoms with van der Waals surface area (Å²) in [6, 6.07) is 0. The van der Waals surface area contributed by atoms with Crippen LogP contribution in [-0.4, -0.2) is 0 Å². The van der Waals surface area contributed by atoms with Crippen LogP contribution >= 0.6 is 0 Å². The lowest BCUT2D eigenvalue weighted by Crippen LogP contribution is -1.64. The molecule has 2 fully saturated rings. The van der Waals surface area contributed by atoms with Gasteiger partial charge in [-0.1, -0.05) is 19.3 Å². The summed E-state index contributed by atoms with van der Waals surface area (Å²) in [5, 5.41) is 0. The normalized spacial score (nSPS) is 35.6. The molecule has 2 rings (SSSR count). The summed E-state index contributed by atoms with van der Waals surface area (Å²) in [6.07, 6.45) is 10.8. The van der Waals surface area contributed by atoms with E-state index < -0.39 is 0 Å². The first-order valence-corrected chi connectivity index (χ1v) is 3.76. The third-order valence-electron chi connectivity index (χ3n) is 2.22. The van der Waals surface area contributed by atoms with E-state index in [0.717, 1.165) is 0 Å². The lowest BCUT2D eigenvalue weighted by molar-refractivity contribution is 0.735. The molecule has 0 aromatic carbocycles. The van der Waals surface area contributed by atoms with E-state index in [2.05, 4.69) is 12.3 Å². The van der Waals surface area contributed by atoms with Crippen LogP contribution in [0, 0.1) is 24.2 Å². The third kappa shape index (κ3) is 1.75. The van der Waals surface area contributed by atoms with Crippen LogP contribution in [0.25, 0.3) is 0 Å². The molecule has 0 nitrogen and oxygen atoms in total. The molecule has 0 spiro atoms. The van der Waals surface area contributed by atoms with Crippen LogP contribution in [0.2, 0.25) is 0 Å². The maximum absolute atomic E-state index is 4.60. The minimum absolute atomic E-state index is 1.21. The van der Waals surface area contributed by atoms with Gasteiger partial charge in [-0.2, -0.15) is 0 Å². The van der Waals surface area contributed by atoms with Crippen molar-refractivity contribution in [3.05, 3.63) is 0 Å². The Hall–Kier alpha value is -0.440. The molecular weight excluding hydrogens is 108 g/mol. The van der Waals surface area contributed by atoms with Crippen molar-refractivity contribution in [2.75, 3.05) is 0 Å². The first kappa shape index (κ1) is 6.68. The van der Waals surface area contributed by atoms with Crippen LogP contribution < -0.4 is 0 Å². The Morgan fingerprint density at radius 1 is 1.33 bits per heavy atom. The maximum atomic E-state index is 4.60. The molecule has 9 heavy (non-hydrogen) atoms. The van der Waals surface area contributed by atoms with Crippen molar-refractivity contribution in [2.24, 2.45) is 11.8 Å². The molecule has 0 radical (unpaired) electrons. The fourth-order valence-electron chi connectivity index (χ4n) is 1.66.